The first kappa shape index (κ1) is 21.4. The van der Waals surface area contributed by atoms with Crippen LogP contribution in [0.4, 0.5) is 0 Å². The Labute approximate surface area is 187 Å². The van der Waals surface area contributed by atoms with Gasteiger partial charge in [-0.2, -0.15) is 0 Å². The highest BCUT2D eigenvalue weighted by Gasteiger charge is 2.58. The third-order valence-corrected chi connectivity index (χ3v) is 10.2. The minimum Gasteiger partial charge on any atom is -0.390 e. The molecule has 1 aromatic rings. The molecule has 1 heterocycles. The van der Waals surface area contributed by atoms with E-state index in [1.807, 2.05) is 12.1 Å². The first-order chi connectivity index (χ1) is 14.8. The van der Waals surface area contributed by atoms with E-state index in [2.05, 4.69) is 31.1 Å². The number of amides is 1. The summed E-state index contributed by atoms with van der Waals surface area (Å²) in [7, 11) is 0. The Morgan fingerprint density at radius 3 is 2.68 bits per heavy atom. The summed E-state index contributed by atoms with van der Waals surface area (Å²) < 4.78 is 0. The number of aromatic nitrogens is 1. The Kier molecular flexibility index (Phi) is 5.44. The van der Waals surface area contributed by atoms with Gasteiger partial charge in [0.05, 0.1) is 11.2 Å². The molecule has 2 N–H and O–H groups in total. The molecule has 9 atom stereocenters. The number of carbonyl (C=O) groups is 1. The molecule has 0 radical (unpaired) electrons. The van der Waals surface area contributed by atoms with Crippen molar-refractivity contribution in [2.24, 2.45) is 40.9 Å². The number of rotatable bonds is 3. The fraction of sp³-hybridized carbons (Fsp3) is 0.778. The molecule has 0 aromatic carbocycles. The highest BCUT2D eigenvalue weighted by molar-refractivity contribution is 5.94. The molecule has 4 heteroatoms. The van der Waals surface area contributed by atoms with Gasteiger partial charge in [-0.1, -0.05) is 6.92 Å². The van der Waals surface area contributed by atoms with Gasteiger partial charge in [0, 0.05) is 18.4 Å². The van der Waals surface area contributed by atoms with Gasteiger partial charge in [-0.15, -0.1) is 0 Å². The van der Waals surface area contributed by atoms with Gasteiger partial charge in [-0.3, -0.25) is 9.78 Å². The highest BCUT2D eigenvalue weighted by atomic mass is 16.3. The van der Waals surface area contributed by atoms with E-state index in [4.69, 9.17) is 0 Å². The second kappa shape index (κ2) is 7.86. The summed E-state index contributed by atoms with van der Waals surface area (Å²) in [6.07, 6.45) is 14.5. The van der Waals surface area contributed by atoms with E-state index in [9.17, 15) is 9.90 Å². The minimum atomic E-state index is -0.433. The third-order valence-electron chi connectivity index (χ3n) is 10.2. The van der Waals surface area contributed by atoms with E-state index in [0.717, 1.165) is 42.4 Å². The van der Waals surface area contributed by atoms with Crippen molar-refractivity contribution in [3.8, 4) is 0 Å². The van der Waals surface area contributed by atoms with Crippen molar-refractivity contribution in [2.45, 2.75) is 90.2 Å². The number of nitrogens with one attached hydrogen (secondary N) is 1. The molecule has 0 aliphatic heterocycles. The van der Waals surface area contributed by atoms with Crippen LogP contribution in [0.25, 0.3) is 0 Å². The Morgan fingerprint density at radius 2 is 1.90 bits per heavy atom. The zero-order valence-corrected chi connectivity index (χ0v) is 19.5. The van der Waals surface area contributed by atoms with E-state index < -0.39 is 5.60 Å². The molecule has 1 unspecified atom stereocenters. The summed E-state index contributed by atoms with van der Waals surface area (Å²) >= 11 is 0. The predicted molar refractivity (Wildman–Crippen MR) is 122 cm³/mol. The van der Waals surface area contributed by atoms with Crippen LogP contribution < -0.4 is 5.32 Å². The monoisotopic (exact) mass is 424 g/mol. The molecule has 4 aliphatic rings. The van der Waals surface area contributed by atoms with Crippen LogP contribution >= 0.6 is 0 Å². The molecule has 1 aromatic heterocycles. The highest BCUT2D eigenvalue weighted by Crippen LogP contribution is 2.65. The number of nitrogens with zero attached hydrogens (tertiary/aromatic N) is 1. The topological polar surface area (TPSA) is 62.2 Å². The maximum atomic E-state index is 12.7. The minimum absolute atomic E-state index is 0.0103. The van der Waals surface area contributed by atoms with Crippen molar-refractivity contribution in [3.05, 3.63) is 30.1 Å². The average Bonchev–Trinajstić information content (AvgIpc) is 3.10. The van der Waals surface area contributed by atoms with Crippen molar-refractivity contribution in [3.63, 3.8) is 0 Å². The summed E-state index contributed by atoms with van der Waals surface area (Å²) in [5.74, 6) is 4.67. The van der Waals surface area contributed by atoms with Crippen LogP contribution in [0.15, 0.2) is 24.5 Å². The molecule has 4 saturated carbocycles. The van der Waals surface area contributed by atoms with Crippen molar-refractivity contribution in [1.29, 1.82) is 0 Å². The number of hydrogen-bond donors (Lipinski definition) is 2. The predicted octanol–water partition coefficient (Wildman–Crippen LogP) is 5.22. The normalized spacial score (nSPS) is 45.2. The largest absolute Gasteiger partial charge is 0.390 e. The summed E-state index contributed by atoms with van der Waals surface area (Å²) in [4.78, 5) is 16.8. The van der Waals surface area contributed by atoms with Crippen molar-refractivity contribution < 1.29 is 9.90 Å². The SMILES string of the molecule is C[C@@H](NC(=O)c1cccnc1)C1CC[C@H]2[C@@H]3CC[C@@H]4C[C@](C)(O)CC[C@@H]4[C@H]3CC[C@]12C. The van der Waals surface area contributed by atoms with E-state index in [-0.39, 0.29) is 11.9 Å². The van der Waals surface area contributed by atoms with Gasteiger partial charge in [-0.05, 0) is 125 Å². The summed E-state index contributed by atoms with van der Waals surface area (Å²) in [5.41, 5.74) is 0.567. The maximum absolute atomic E-state index is 12.7. The van der Waals surface area contributed by atoms with Crippen LogP contribution in [0.2, 0.25) is 0 Å². The van der Waals surface area contributed by atoms with Crippen LogP contribution in [-0.4, -0.2) is 27.6 Å². The number of hydrogen-bond acceptors (Lipinski definition) is 3. The van der Waals surface area contributed by atoms with Gasteiger partial charge < -0.3 is 10.4 Å². The second-order valence-electron chi connectivity index (χ2n) is 11.9. The summed E-state index contributed by atoms with van der Waals surface area (Å²) in [6.45, 7) is 6.81. The van der Waals surface area contributed by atoms with Crippen molar-refractivity contribution >= 4 is 5.91 Å². The Balaban J connectivity index is 1.28. The van der Waals surface area contributed by atoms with Crippen LogP contribution in [0.3, 0.4) is 0 Å². The average molecular weight is 425 g/mol. The van der Waals surface area contributed by atoms with Gasteiger partial charge in [0.25, 0.3) is 5.91 Å². The standard InChI is InChI=1S/C27H40N2O2/c1-17(29-25(30)19-5-4-14-28-16-19)23-8-9-24-22-7-6-18-15-26(2,31)12-10-20(18)21(22)11-13-27(23,24)3/h4-5,14,16-18,20-24,31H,6-13,15H2,1-3H3,(H,29,30)/t17-,18-,20+,21-,22-,23?,24+,26-,27-/m1/s1. The Morgan fingerprint density at radius 1 is 1.10 bits per heavy atom. The molecular weight excluding hydrogens is 384 g/mol. The maximum Gasteiger partial charge on any atom is 0.253 e. The zero-order valence-electron chi connectivity index (χ0n) is 19.5. The van der Waals surface area contributed by atoms with E-state index >= 15 is 0 Å². The Bertz CT molecular complexity index is 809. The molecule has 31 heavy (non-hydrogen) atoms. The molecule has 1 amide bonds. The molecule has 0 spiro atoms. The molecule has 4 nitrogen and oxygen atoms in total. The van der Waals surface area contributed by atoms with Crippen molar-refractivity contribution in [1.82, 2.24) is 10.3 Å². The number of pyridine rings is 1. The molecular formula is C27H40N2O2. The fourth-order valence-corrected chi connectivity index (χ4v) is 8.83. The van der Waals surface area contributed by atoms with Gasteiger partial charge >= 0.3 is 0 Å². The van der Waals surface area contributed by atoms with Crippen LogP contribution in [0.5, 0.6) is 0 Å². The molecule has 170 valence electrons. The zero-order chi connectivity index (χ0) is 21.8. The number of aliphatic hydroxyl groups is 1. The van der Waals surface area contributed by atoms with E-state index in [0.29, 0.717) is 16.9 Å². The van der Waals surface area contributed by atoms with E-state index in [1.165, 1.54) is 44.9 Å². The van der Waals surface area contributed by atoms with Crippen LogP contribution in [0.1, 0.15) is 88.9 Å². The van der Waals surface area contributed by atoms with Gasteiger partial charge in [-0.25, -0.2) is 0 Å². The quantitative estimate of drug-likeness (QED) is 0.699. The molecule has 4 fully saturated rings. The van der Waals surface area contributed by atoms with Gasteiger partial charge in [0.2, 0.25) is 0 Å². The van der Waals surface area contributed by atoms with Gasteiger partial charge in [0.1, 0.15) is 0 Å². The molecule has 0 bridgehead atoms. The third kappa shape index (κ3) is 3.73. The van der Waals surface area contributed by atoms with E-state index in [1.54, 1.807) is 12.4 Å². The lowest BCUT2D eigenvalue weighted by molar-refractivity contribution is -0.101. The second-order valence-corrected chi connectivity index (χ2v) is 11.9. The van der Waals surface area contributed by atoms with Crippen LogP contribution in [-0.2, 0) is 0 Å². The van der Waals surface area contributed by atoms with Crippen molar-refractivity contribution in [2.75, 3.05) is 0 Å². The molecule has 5 rings (SSSR count). The smallest absolute Gasteiger partial charge is 0.253 e. The lowest BCUT2D eigenvalue weighted by Crippen LogP contribution is -2.52. The Hall–Kier alpha value is -1.42. The molecule has 0 saturated heterocycles. The first-order valence-electron chi connectivity index (χ1n) is 12.7. The summed E-state index contributed by atoms with van der Waals surface area (Å²) in [5, 5.41) is 13.9. The number of carbonyl (C=O) groups excluding carboxylic acids is 1. The lowest BCUT2D eigenvalue weighted by atomic mass is 9.49. The number of fused-ring (bicyclic) bond motifs is 5. The lowest BCUT2D eigenvalue weighted by Gasteiger charge is -2.57. The van der Waals surface area contributed by atoms with Gasteiger partial charge in [0.15, 0.2) is 0 Å². The summed E-state index contributed by atoms with van der Waals surface area (Å²) in [6, 6.07) is 3.87. The van der Waals surface area contributed by atoms with Crippen LogP contribution in [0, 0.1) is 40.9 Å². The first-order valence-corrected chi connectivity index (χ1v) is 12.7. The molecule has 4 aliphatic carbocycles. The fourth-order valence-electron chi connectivity index (χ4n) is 8.83.